The molecule has 0 spiro atoms. The van der Waals surface area contributed by atoms with Crippen molar-refractivity contribution in [2.75, 3.05) is 27.2 Å². The van der Waals surface area contributed by atoms with Gasteiger partial charge in [-0.25, -0.2) is 0 Å². The molecule has 18 heavy (non-hydrogen) atoms. The molecule has 4 heteroatoms. The minimum absolute atomic E-state index is 0. The lowest BCUT2D eigenvalue weighted by Gasteiger charge is -2.10. The molecule has 0 unspecified atom stereocenters. The number of rotatable bonds is 7. The van der Waals surface area contributed by atoms with Gasteiger partial charge < -0.3 is 10.2 Å². The Labute approximate surface area is 124 Å². The van der Waals surface area contributed by atoms with Crippen molar-refractivity contribution in [3.63, 3.8) is 0 Å². The first kappa shape index (κ1) is 20.0. The second-order valence-corrected chi connectivity index (χ2v) is 4.50. The first-order valence-corrected chi connectivity index (χ1v) is 6.15. The SMILES string of the molecule is CCc1ccc(CNCCCN(C)C)cc1.Cl.Cl. The summed E-state index contributed by atoms with van der Waals surface area (Å²) in [6.07, 6.45) is 2.33. The summed E-state index contributed by atoms with van der Waals surface area (Å²) in [4.78, 5) is 2.22. The van der Waals surface area contributed by atoms with E-state index in [0.717, 1.165) is 26.1 Å². The molecule has 0 amide bonds. The summed E-state index contributed by atoms with van der Waals surface area (Å²) in [6, 6.07) is 8.88. The Morgan fingerprint density at radius 3 is 2.06 bits per heavy atom. The summed E-state index contributed by atoms with van der Waals surface area (Å²) in [5, 5.41) is 3.47. The Morgan fingerprint density at radius 1 is 1.00 bits per heavy atom. The number of benzene rings is 1. The number of hydrogen-bond donors (Lipinski definition) is 1. The van der Waals surface area contributed by atoms with Crippen LogP contribution in [0.2, 0.25) is 0 Å². The molecule has 1 aromatic carbocycles. The summed E-state index contributed by atoms with van der Waals surface area (Å²) in [6.45, 7) is 5.42. The Balaban J connectivity index is 0. The van der Waals surface area contributed by atoms with Crippen molar-refractivity contribution in [3.05, 3.63) is 35.4 Å². The van der Waals surface area contributed by atoms with E-state index in [2.05, 4.69) is 55.5 Å². The molecule has 1 rings (SSSR count). The topological polar surface area (TPSA) is 15.3 Å². The molecule has 0 saturated carbocycles. The van der Waals surface area contributed by atoms with Crippen LogP contribution < -0.4 is 5.32 Å². The van der Waals surface area contributed by atoms with Crippen LogP contribution in [0.3, 0.4) is 0 Å². The van der Waals surface area contributed by atoms with Gasteiger partial charge in [0.15, 0.2) is 0 Å². The van der Waals surface area contributed by atoms with Gasteiger partial charge >= 0.3 is 0 Å². The third-order valence-corrected chi connectivity index (χ3v) is 2.72. The predicted octanol–water partition coefficient (Wildman–Crippen LogP) is 3.13. The molecule has 0 aromatic heterocycles. The van der Waals surface area contributed by atoms with E-state index in [1.165, 1.54) is 17.5 Å². The fraction of sp³-hybridized carbons (Fsp3) is 0.571. The molecule has 1 N–H and O–H groups in total. The lowest BCUT2D eigenvalue weighted by molar-refractivity contribution is 0.394. The third kappa shape index (κ3) is 8.76. The molecule has 106 valence electrons. The van der Waals surface area contributed by atoms with E-state index in [9.17, 15) is 0 Å². The Morgan fingerprint density at radius 2 is 1.56 bits per heavy atom. The highest BCUT2D eigenvalue weighted by Crippen LogP contribution is 2.04. The van der Waals surface area contributed by atoms with Gasteiger partial charge in [0.1, 0.15) is 0 Å². The van der Waals surface area contributed by atoms with Crippen molar-refractivity contribution >= 4 is 24.8 Å². The van der Waals surface area contributed by atoms with E-state index in [1.807, 2.05) is 0 Å². The monoisotopic (exact) mass is 292 g/mol. The van der Waals surface area contributed by atoms with Crippen molar-refractivity contribution in [3.8, 4) is 0 Å². The van der Waals surface area contributed by atoms with Crippen molar-refractivity contribution in [2.24, 2.45) is 0 Å². The average Bonchev–Trinajstić information content (AvgIpc) is 2.29. The van der Waals surface area contributed by atoms with Crippen LogP contribution in [0.5, 0.6) is 0 Å². The van der Waals surface area contributed by atoms with Crippen LogP contribution in [-0.4, -0.2) is 32.1 Å². The molecule has 0 aliphatic heterocycles. The first-order chi connectivity index (χ1) is 7.72. The fourth-order valence-corrected chi connectivity index (χ4v) is 1.65. The van der Waals surface area contributed by atoms with Gasteiger partial charge in [0.25, 0.3) is 0 Å². The maximum Gasteiger partial charge on any atom is 0.0205 e. The largest absolute Gasteiger partial charge is 0.313 e. The Bertz CT molecular complexity index is 286. The van der Waals surface area contributed by atoms with E-state index in [4.69, 9.17) is 0 Å². The van der Waals surface area contributed by atoms with E-state index >= 15 is 0 Å². The zero-order chi connectivity index (χ0) is 11.8. The standard InChI is InChI=1S/C14H24N2.2ClH/c1-4-13-6-8-14(9-7-13)12-15-10-5-11-16(2)3;;/h6-9,15H,4-5,10-12H2,1-3H3;2*1H. The normalized spacial score (nSPS) is 9.78. The van der Waals surface area contributed by atoms with Gasteiger partial charge in [0, 0.05) is 6.54 Å². The molecule has 0 aliphatic rings. The second kappa shape index (κ2) is 11.8. The second-order valence-electron chi connectivity index (χ2n) is 4.50. The van der Waals surface area contributed by atoms with Gasteiger partial charge in [-0.2, -0.15) is 0 Å². The molecule has 0 aliphatic carbocycles. The molecule has 1 aromatic rings. The Hall–Kier alpha value is -0.280. The number of hydrogen-bond acceptors (Lipinski definition) is 2. The molecule has 0 saturated heterocycles. The van der Waals surface area contributed by atoms with E-state index in [-0.39, 0.29) is 24.8 Å². The van der Waals surface area contributed by atoms with Crippen molar-refractivity contribution in [1.82, 2.24) is 10.2 Å². The summed E-state index contributed by atoms with van der Waals surface area (Å²) in [7, 11) is 4.23. The first-order valence-electron chi connectivity index (χ1n) is 6.15. The summed E-state index contributed by atoms with van der Waals surface area (Å²) < 4.78 is 0. The molecule has 0 heterocycles. The average molecular weight is 293 g/mol. The Kier molecular flexibility index (Phi) is 13.1. The molecule has 0 radical (unpaired) electrons. The van der Waals surface area contributed by atoms with Gasteiger partial charge in [0.2, 0.25) is 0 Å². The highest BCUT2D eigenvalue weighted by Gasteiger charge is 1.94. The van der Waals surface area contributed by atoms with Crippen molar-refractivity contribution in [1.29, 1.82) is 0 Å². The summed E-state index contributed by atoms with van der Waals surface area (Å²) in [5.74, 6) is 0. The van der Waals surface area contributed by atoms with Crippen LogP contribution in [0.1, 0.15) is 24.5 Å². The molecule has 0 fully saturated rings. The zero-order valence-corrected chi connectivity index (χ0v) is 13.2. The molecule has 2 nitrogen and oxygen atoms in total. The number of halogens is 2. The summed E-state index contributed by atoms with van der Waals surface area (Å²) in [5.41, 5.74) is 2.79. The molecular formula is C14H26Cl2N2. The number of aryl methyl sites for hydroxylation is 1. The lowest BCUT2D eigenvalue weighted by Crippen LogP contribution is -2.20. The maximum atomic E-state index is 3.47. The van der Waals surface area contributed by atoms with Gasteiger partial charge in [-0.3, -0.25) is 0 Å². The minimum atomic E-state index is 0. The lowest BCUT2D eigenvalue weighted by atomic mass is 10.1. The molecule has 0 atom stereocenters. The quantitative estimate of drug-likeness (QED) is 0.777. The van der Waals surface area contributed by atoms with Crippen LogP contribution in [0.15, 0.2) is 24.3 Å². The van der Waals surface area contributed by atoms with Crippen LogP contribution in [0.4, 0.5) is 0 Å². The van der Waals surface area contributed by atoms with E-state index in [1.54, 1.807) is 0 Å². The molecular weight excluding hydrogens is 267 g/mol. The minimum Gasteiger partial charge on any atom is -0.313 e. The zero-order valence-electron chi connectivity index (χ0n) is 11.6. The van der Waals surface area contributed by atoms with Crippen molar-refractivity contribution in [2.45, 2.75) is 26.3 Å². The van der Waals surface area contributed by atoms with Crippen LogP contribution in [0.25, 0.3) is 0 Å². The van der Waals surface area contributed by atoms with Gasteiger partial charge in [0.05, 0.1) is 0 Å². The van der Waals surface area contributed by atoms with Crippen LogP contribution in [0, 0.1) is 0 Å². The smallest absolute Gasteiger partial charge is 0.0205 e. The fourth-order valence-electron chi connectivity index (χ4n) is 1.65. The number of nitrogens with zero attached hydrogens (tertiary/aromatic N) is 1. The number of nitrogens with one attached hydrogen (secondary N) is 1. The van der Waals surface area contributed by atoms with E-state index < -0.39 is 0 Å². The van der Waals surface area contributed by atoms with E-state index in [0.29, 0.717) is 0 Å². The maximum absolute atomic E-state index is 3.47. The predicted molar refractivity (Wildman–Crippen MR) is 85.2 cm³/mol. The third-order valence-electron chi connectivity index (χ3n) is 2.72. The van der Waals surface area contributed by atoms with Gasteiger partial charge in [-0.1, -0.05) is 31.2 Å². The highest BCUT2D eigenvalue weighted by molar-refractivity contribution is 5.85. The highest BCUT2D eigenvalue weighted by atomic mass is 35.5. The van der Waals surface area contributed by atoms with Crippen LogP contribution in [-0.2, 0) is 13.0 Å². The van der Waals surface area contributed by atoms with Gasteiger partial charge in [-0.15, -0.1) is 24.8 Å². The molecule has 0 bridgehead atoms. The summed E-state index contributed by atoms with van der Waals surface area (Å²) >= 11 is 0. The van der Waals surface area contributed by atoms with Gasteiger partial charge in [-0.05, 0) is 51.2 Å². The van der Waals surface area contributed by atoms with Crippen molar-refractivity contribution < 1.29 is 0 Å². The van der Waals surface area contributed by atoms with Crippen LogP contribution >= 0.6 is 24.8 Å².